The first kappa shape index (κ1) is 11.7. The van der Waals surface area contributed by atoms with Crippen molar-refractivity contribution in [2.75, 3.05) is 11.4 Å². The maximum atomic E-state index is 4.13. The molecule has 0 saturated heterocycles. The molecule has 3 rings (SSSR count). The van der Waals surface area contributed by atoms with E-state index in [4.69, 9.17) is 0 Å². The van der Waals surface area contributed by atoms with Crippen LogP contribution in [0.2, 0.25) is 0 Å². The normalized spacial score (nSPS) is 15.1. The van der Waals surface area contributed by atoms with Crippen molar-refractivity contribution in [3.63, 3.8) is 0 Å². The fourth-order valence-corrected chi connectivity index (χ4v) is 3.03. The number of benzene rings is 1. The summed E-state index contributed by atoms with van der Waals surface area (Å²) in [6.07, 6.45) is 6.10. The van der Waals surface area contributed by atoms with Crippen molar-refractivity contribution in [1.29, 1.82) is 0 Å². The number of fused-ring (bicyclic) bond motifs is 1. The van der Waals surface area contributed by atoms with Gasteiger partial charge in [0.15, 0.2) is 0 Å². The molecule has 0 saturated carbocycles. The van der Waals surface area contributed by atoms with Crippen LogP contribution < -0.4 is 4.90 Å². The van der Waals surface area contributed by atoms with Crippen molar-refractivity contribution in [1.82, 2.24) is 4.98 Å². The van der Waals surface area contributed by atoms with Crippen LogP contribution in [0.3, 0.4) is 0 Å². The maximum absolute atomic E-state index is 4.13. The number of rotatable bonds is 1. The van der Waals surface area contributed by atoms with Gasteiger partial charge in [-0.2, -0.15) is 0 Å². The lowest BCUT2D eigenvalue weighted by atomic mass is 10.0. The summed E-state index contributed by atoms with van der Waals surface area (Å²) in [5, 5.41) is 0. The fraction of sp³-hybridized carbons (Fsp3) is 0.267. The molecule has 2 heterocycles. The third kappa shape index (κ3) is 2.27. The van der Waals surface area contributed by atoms with E-state index in [0.29, 0.717) is 0 Å². The van der Waals surface area contributed by atoms with Crippen LogP contribution in [0.4, 0.5) is 5.69 Å². The molecule has 1 aliphatic rings. The summed E-state index contributed by atoms with van der Waals surface area (Å²) >= 11 is 3.59. The third-order valence-corrected chi connectivity index (χ3v) is 4.06. The highest BCUT2D eigenvalue weighted by molar-refractivity contribution is 9.10. The van der Waals surface area contributed by atoms with E-state index in [1.165, 1.54) is 29.7 Å². The molecule has 92 valence electrons. The van der Waals surface area contributed by atoms with Gasteiger partial charge in [0, 0.05) is 25.5 Å². The quantitative estimate of drug-likeness (QED) is 0.796. The summed E-state index contributed by atoms with van der Waals surface area (Å²) in [4.78, 5) is 6.56. The van der Waals surface area contributed by atoms with Crippen LogP contribution in [0, 0.1) is 0 Å². The van der Waals surface area contributed by atoms with Crippen LogP contribution in [0.1, 0.15) is 17.5 Å². The van der Waals surface area contributed by atoms with Crippen LogP contribution in [0.15, 0.2) is 47.2 Å². The number of aromatic nitrogens is 1. The Morgan fingerprint density at radius 3 is 2.78 bits per heavy atom. The predicted molar refractivity (Wildman–Crippen MR) is 77.8 cm³/mol. The zero-order valence-electron chi connectivity index (χ0n) is 10.1. The molecule has 2 nitrogen and oxygen atoms in total. The molecule has 1 aromatic heterocycles. The molecule has 1 aromatic carbocycles. The number of pyridine rings is 1. The van der Waals surface area contributed by atoms with Crippen molar-refractivity contribution in [2.45, 2.75) is 19.4 Å². The van der Waals surface area contributed by atoms with Gasteiger partial charge in [-0.15, -0.1) is 0 Å². The molecule has 18 heavy (non-hydrogen) atoms. The lowest BCUT2D eigenvalue weighted by Crippen LogP contribution is -2.22. The minimum atomic E-state index is 0.985. The molecular formula is C15H15BrN2. The Kier molecular flexibility index (Phi) is 3.33. The Bertz CT molecular complexity index is 554. The molecule has 0 radical (unpaired) electrons. The van der Waals surface area contributed by atoms with Gasteiger partial charge in [0.1, 0.15) is 0 Å². The largest absolute Gasteiger partial charge is 0.366 e. The van der Waals surface area contributed by atoms with Gasteiger partial charge in [0.05, 0.1) is 10.2 Å². The highest BCUT2D eigenvalue weighted by Gasteiger charge is 2.15. The number of hydrogen-bond acceptors (Lipinski definition) is 2. The summed E-state index contributed by atoms with van der Waals surface area (Å²) in [5.74, 6) is 0. The van der Waals surface area contributed by atoms with E-state index in [1.54, 1.807) is 0 Å². The van der Waals surface area contributed by atoms with E-state index >= 15 is 0 Å². The molecule has 0 unspecified atom stereocenters. The summed E-state index contributed by atoms with van der Waals surface area (Å²) in [7, 11) is 0. The highest BCUT2D eigenvalue weighted by Crippen LogP contribution is 2.29. The van der Waals surface area contributed by atoms with Crippen LogP contribution in [0.25, 0.3) is 0 Å². The minimum Gasteiger partial charge on any atom is -0.366 e. The molecule has 2 aromatic rings. The summed E-state index contributed by atoms with van der Waals surface area (Å²) in [6.45, 7) is 2.08. The van der Waals surface area contributed by atoms with E-state index in [-0.39, 0.29) is 0 Å². The van der Waals surface area contributed by atoms with Crippen molar-refractivity contribution >= 4 is 21.6 Å². The van der Waals surface area contributed by atoms with E-state index in [2.05, 4.69) is 56.1 Å². The SMILES string of the molecule is Brc1cnccc1N1CCCc2ccccc2C1. The first-order valence-corrected chi connectivity index (χ1v) is 7.05. The molecule has 0 N–H and O–H groups in total. The summed E-state index contributed by atoms with van der Waals surface area (Å²) in [6, 6.07) is 10.8. The van der Waals surface area contributed by atoms with Crippen LogP contribution in [-0.2, 0) is 13.0 Å². The number of anilines is 1. The summed E-state index contributed by atoms with van der Waals surface area (Å²) < 4.78 is 1.07. The molecule has 0 spiro atoms. The molecule has 0 fully saturated rings. The Labute approximate surface area is 116 Å². The van der Waals surface area contributed by atoms with Crippen LogP contribution >= 0.6 is 15.9 Å². The first-order chi connectivity index (χ1) is 8.84. The standard InChI is InChI=1S/C15H15BrN2/c16-14-10-17-8-7-15(14)18-9-3-6-12-4-1-2-5-13(12)11-18/h1-2,4-5,7-8,10H,3,6,9,11H2. The average Bonchev–Trinajstić information content (AvgIpc) is 2.61. The van der Waals surface area contributed by atoms with Crippen LogP contribution in [0.5, 0.6) is 0 Å². The van der Waals surface area contributed by atoms with Crippen molar-refractivity contribution < 1.29 is 0 Å². The predicted octanol–water partition coefficient (Wildman–Crippen LogP) is 3.80. The molecule has 0 atom stereocenters. The second-order valence-electron chi connectivity index (χ2n) is 4.62. The number of halogens is 1. The number of nitrogens with zero attached hydrogens (tertiary/aromatic N) is 2. The van der Waals surface area contributed by atoms with Crippen molar-refractivity contribution in [3.8, 4) is 0 Å². The van der Waals surface area contributed by atoms with Gasteiger partial charge in [-0.25, -0.2) is 0 Å². The summed E-state index contributed by atoms with van der Waals surface area (Å²) in [5.41, 5.74) is 4.17. The minimum absolute atomic E-state index is 0.985. The lowest BCUT2D eigenvalue weighted by Gasteiger charge is -2.24. The zero-order chi connectivity index (χ0) is 12.4. The van der Waals surface area contributed by atoms with Gasteiger partial charge in [-0.1, -0.05) is 24.3 Å². The van der Waals surface area contributed by atoms with Gasteiger partial charge in [-0.3, -0.25) is 4.98 Å². The second kappa shape index (κ2) is 5.11. The lowest BCUT2D eigenvalue weighted by molar-refractivity contribution is 0.763. The van der Waals surface area contributed by atoms with Gasteiger partial charge < -0.3 is 4.90 Å². The Morgan fingerprint density at radius 2 is 1.94 bits per heavy atom. The Hall–Kier alpha value is -1.35. The number of aryl methyl sites for hydroxylation is 1. The van der Waals surface area contributed by atoms with Crippen LogP contribution in [-0.4, -0.2) is 11.5 Å². The van der Waals surface area contributed by atoms with E-state index < -0.39 is 0 Å². The van der Waals surface area contributed by atoms with E-state index in [0.717, 1.165) is 17.6 Å². The van der Waals surface area contributed by atoms with E-state index in [9.17, 15) is 0 Å². The smallest absolute Gasteiger partial charge is 0.0592 e. The van der Waals surface area contributed by atoms with Gasteiger partial charge >= 0.3 is 0 Å². The molecule has 0 bridgehead atoms. The Morgan fingerprint density at radius 1 is 1.11 bits per heavy atom. The Balaban J connectivity index is 1.94. The van der Waals surface area contributed by atoms with Crippen molar-refractivity contribution in [3.05, 3.63) is 58.3 Å². The highest BCUT2D eigenvalue weighted by atomic mass is 79.9. The van der Waals surface area contributed by atoms with Gasteiger partial charge in [0.25, 0.3) is 0 Å². The molecule has 1 aliphatic heterocycles. The fourth-order valence-electron chi connectivity index (χ4n) is 2.53. The average molecular weight is 303 g/mol. The topological polar surface area (TPSA) is 16.1 Å². The number of hydrogen-bond donors (Lipinski definition) is 0. The third-order valence-electron chi connectivity index (χ3n) is 3.45. The molecular weight excluding hydrogens is 288 g/mol. The van der Waals surface area contributed by atoms with Crippen molar-refractivity contribution in [2.24, 2.45) is 0 Å². The second-order valence-corrected chi connectivity index (χ2v) is 5.48. The van der Waals surface area contributed by atoms with E-state index in [1.807, 2.05) is 12.4 Å². The maximum Gasteiger partial charge on any atom is 0.0592 e. The first-order valence-electron chi connectivity index (χ1n) is 6.26. The molecule has 0 aliphatic carbocycles. The monoisotopic (exact) mass is 302 g/mol. The van der Waals surface area contributed by atoms with Gasteiger partial charge in [-0.05, 0) is 46.0 Å². The molecule has 3 heteroatoms. The zero-order valence-corrected chi connectivity index (χ0v) is 11.7. The van der Waals surface area contributed by atoms with Gasteiger partial charge in [0.2, 0.25) is 0 Å². The molecule has 0 amide bonds.